The standard InChI is InChI=1S/C13H16F2N4/c1-2-19-8-9(7-17-19)6-12(18-16)10-4-3-5-11(14)13(10)15/h3-5,7-8,12,18H,2,6,16H2,1H3. The van der Waals surface area contributed by atoms with Gasteiger partial charge in [-0.2, -0.15) is 5.10 Å². The van der Waals surface area contributed by atoms with E-state index in [2.05, 4.69) is 10.5 Å². The summed E-state index contributed by atoms with van der Waals surface area (Å²) in [5.41, 5.74) is 3.64. The molecule has 19 heavy (non-hydrogen) atoms. The van der Waals surface area contributed by atoms with Crippen molar-refractivity contribution in [1.29, 1.82) is 0 Å². The zero-order chi connectivity index (χ0) is 13.8. The van der Waals surface area contributed by atoms with E-state index in [0.717, 1.165) is 18.2 Å². The number of aromatic nitrogens is 2. The number of nitrogens with one attached hydrogen (secondary N) is 1. The van der Waals surface area contributed by atoms with E-state index in [9.17, 15) is 8.78 Å². The molecule has 102 valence electrons. The molecule has 2 aromatic rings. The lowest BCUT2D eigenvalue weighted by molar-refractivity contribution is 0.464. The third kappa shape index (κ3) is 2.97. The molecule has 0 radical (unpaired) electrons. The topological polar surface area (TPSA) is 55.9 Å². The van der Waals surface area contributed by atoms with Gasteiger partial charge in [-0.1, -0.05) is 12.1 Å². The maximum Gasteiger partial charge on any atom is 0.163 e. The second-order valence-electron chi connectivity index (χ2n) is 4.27. The van der Waals surface area contributed by atoms with E-state index in [1.54, 1.807) is 10.9 Å². The lowest BCUT2D eigenvalue weighted by Crippen LogP contribution is -2.30. The molecule has 0 aliphatic heterocycles. The summed E-state index contributed by atoms with van der Waals surface area (Å²) < 4.78 is 28.7. The van der Waals surface area contributed by atoms with Crippen molar-refractivity contribution in [1.82, 2.24) is 15.2 Å². The average Bonchev–Trinajstić information content (AvgIpc) is 2.87. The summed E-state index contributed by atoms with van der Waals surface area (Å²) in [6.45, 7) is 2.73. The van der Waals surface area contributed by atoms with Gasteiger partial charge in [0, 0.05) is 18.3 Å². The molecule has 1 unspecified atom stereocenters. The largest absolute Gasteiger partial charge is 0.273 e. The molecule has 0 aliphatic carbocycles. The molecule has 0 bridgehead atoms. The Balaban J connectivity index is 2.22. The van der Waals surface area contributed by atoms with Gasteiger partial charge in [-0.25, -0.2) is 8.78 Å². The number of hydrogen-bond donors (Lipinski definition) is 2. The molecule has 1 atom stereocenters. The molecule has 2 rings (SSSR count). The number of halogens is 2. The molecule has 1 aromatic carbocycles. The third-order valence-electron chi connectivity index (χ3n) is 3.01. The maximum atomic E-state index is 13.7. The molecule has 4 nitrogen and oxygen atoms in total. The molecule has 0 aliphatic rings. The Morgan fingerprint density at radius 1 is 1.42 bits per heavy atom. The Morgan fingerprint density at radius 3 is 2.84 bits per heavy atom. The molecule has 6 heteroatoms. The molecule has 0 fully saturated rings. The minimum absolute atomic E-state index is 0.215. The van der Waals surface area contributed by atoms with Crippen molar-refractivity contribution in [2.45, 2.75) is 25.9 Å². The minimum Gasteiger partial charge on any atom is -0.273 e. The summed E-state index contributed by atoms with van der Waals surface area (Å²) in [6.07, 6.45) is 4.00. The average molecular weight is 266 g/mol. The summed E-state index contributed by atoms with van der Waals surface area (Å²) in [5, 5.41) is 4.14. The fraction of sp³-hybridized carbons (Fsp3) is 0.308. The second kappa shape index (κ2) is 5.90. The van der Waals surface area contributed by atoms with Crippen molar-refractivity contribution >= 4 is 0 Å². The maximum absolute atomic E-state index is 13.7. The van der Waals surface area contributed by atoms with Gasteiger partial charge in [0.2, 0.25) is 0 Å². The number of rotatable bonds is 5. The quantitative estimate of drug-likeness (QED) is 0.642. The van der Waals surface area contributed by atoms with Gasteiger partial charge >= 0.3 is 0 Å². The van der Waals surface area contributed by atoms with Gasteiger partial charge in [0.05, 0.1) is 12.2 Å². The van der Waals surface area contributed by atoms with Gasteiger partial charge in [-0.15, -0.1) is 0 Å². The van der Waals surface area contributed by atoms with Crippen LogP contribution in [0.3, 0.4) is 0 Å². The first kappa shape index (κ1) is 13.6. The third-order valence-corrected chi connectivity index (χ3v) is 3.01. The van der Waals surface area contributed by atoms with Crippen molar-refractivity contribution in [3.8, 4) is 0 Å². The van der Waals surface area contributed by atoms with Gasteiger partial charge < -0.3 is 0 Å². The summed E-state index contributed by atoms with van der Waals surface area (Å²) in [5.74, 6) is 3.70. The molecule has 1 heterocycles. The molecular formula is C13H16F2N4. The predicted molar refractivity (Wildman–Crippen MR) is 68.0 cm³/mol. The highest BCUT2D eigenvalue weighted by Gasteiger charge is 2.18. The number of nitrogens with two attached hydrogens (primary N) is 1. The predicted octanol–water partition coefficient (Wildman–Crippen LogP) is 1.93. The number of aryl methyl sites for hydroxylation is 1. The van der Waals surface area contributed by atoms with E-state index in [1.165, 1.54) is 12.1 Å². The smallest absolute Gasteiger partial charge is 0.163 e. The number of hydrogen-bond acceptors (Lipinski definition) is 3. The molecule has 0 saturated heterocycles. The van der Waals surface area contributed by atoms with Crippen LogP contribution in [0.4, 0.5) is 8.78 Å². The highest BCUT2D eigenvalue weighted by molar-refractivity contribution is 5.24. The van der Waals surface area contributed by atoms with Crippen LogP contribution in [-0.2, 0) is 13.0 Å². The van der Waals surface area contributed by atoms with Gasteiger partial charge in [-0.05, 0) is 25.0 Å². The monoisotopic (exact) mass is 266 g/mol. The zero-order valence-corrected chi connectivity index (χ0v) is 10.6. The molecule has 1 aromatic heterocycles. The van der Waals surface area contributed by atoms with Crippen LogP contribution in [0.1, 0.15) is 24.1 Å². The summed E-state index contributed by atoms with van der Waals surface area (Å²) >= 11 is 0. The Bertz CT molecular complexity index is 553. The van der Waals surface area contributed by atoms with Gasteiger partial charge in [0.15, 0.2) is 11.6 Å². The Labute approximate surface area is 110 Å². The van der Waals surface area contributed by atoms with Crippen molar-refractivity contribution in [3.63, 3.8) is 0 Å². The van der Waals surface area contributed by atoms with Crippen LogP contribution >= 0.6 is 0 Å². The van der Waals surface area contributed by atoms with Crippen LogP contribution in [0, 0.1) is 11.6 Å². The highest BCUT2D eigenvalue weighted by Crippen LogP contribution is 2.22. The van der Waals surface area contributed by atoms with Crippen molar-refractivity contribution in [2.24, 2.45) is 5.84 Å². The molecule has 0 spiro atoms. The van der Waals surface area contributed by atoms with Crippen LogP contribution < -0.4 is 11.3 Å². The minimum atomic E-state index is -0.873. The van der Waals surface area contributed by atoms with E-state index in [0.29, 0.717) is 6.42 Å². The van der Waals surface area contributed by atoms with E-state index >= 15 is 0 Å². The molecule has 0 saturated carbocycles. The lowest BCUT2D eigenvalue weighted by Gasteiger charge is -2.16. The lowest BCUT2D eigenvalue weighted by atomic mass is 10.0. The van der Waals surface area contributed by atoms with Crippen molar-refractivity contribution < 1.29 is 8.78 Å². The second-order valence-corrected chi connectivity index (χ2v) is 4.27. The molecule has 0 amide bonds. The normalized spacial score (nSPS) is 12.6. The van der Waals surface area contributed by atoms with Crippen LogP contribution in [0.2, 0.25) is 0 Å². The summed E-state index contributed by atoms with van der Waals surface area (Å²) in [4.78, 5) is 0. The van der Waals surface area contributed by atoms with E-state index < -0.39 is 17.7 Å². The first-order valence-corrected chi connectivity index (χ1v) is 6.07. The van der Waals surface area contributed by atoms with E-state index in [1.807, 2.05) is 13.1 Å². The van der Waals surface area contributed by atoms with Gasteiger partial charge in [0.1, 0.15) is 0 Å². The van der Waals surface area contributed by atoms with Gasteiger partial charge in [-0.3, -0.25) is 16.0 Å². The fourth-order valence-corrected chi connectivity index (χ4v) is 1.97. The van der Waals surface area contributed by atoms with Crippen LogP contribution in [-0.4, -0.2) is 9.78 Å². The van der Waals surface area contributed by atoms with Crippen LogP contribution in [0.15, 0.2) is 30.6 Å². The molecule has 3 N–H and O–H groups in total. The Kier molecular flexibility index (Phi) is 4.24. The van der Waals surface area contributed by atoms with Crippen LogP contribution in [0.25, 0.3) is 0 Å². The Morgan fingerprint density at radius 2 is 2.21 bits per heavy atom. The number of hydrazine groups is 1. The number of nitrogens with zero attached hydrogens (tertiary/aromatic N) is 2. The SMILES string of the molecule is CCn1cc(CC(NN)c2cccc(F)c2F)cn1. The first-order chi connectivity index (χ1) is 9.15. The zero-order valence-electron chi connectivity index (χ0n) is 10.6. The fourth-order valence-electron chi connectivity index (χ4n) is 1.97. The van der Waals surface area contributed by atoms with Crippen molar-refractivity contribution in [3.05, 3.63) is 53.4 Å². The van der Waals surface area contributed by atoms with Gasteiger partial charge in [0.25, 0.3) is 0 Å². The highest BCUT2D eigenvalue weighted by atomic mass is 19.2. The Hall–Kier alpha value is -1.79. The van der Waals surface area contributed by atoms with Crippen molar-refractivity contribution in [2.75, 3.05) is 0 Å². The number of benzene rings is 1. The van der Waals surface area contributed by atoms with E-state index in [-0.39, 0.29) is 5.56 Å². The summed E-state index contributed by atoms with van der Waals surface area (Å²) in [6, 6.07) is 3.58. The van der Waals surface area contributed by atoms with Crippen LogP contribution in [0.5, 0.6) is 0 Å². The molecular weight excluding hydrogens is 250 g/mol. The van der Waals surface area contributed by atoms with E-state index in [4.69, 9.17) is 5.84 Å². The first-order valence-electron chi connectivity index (χ1n) is 6.07. The summed E-state index contributed by atoms with van der Waals surface area (Å²) in [7, 11) is 0.